The number of ether oxygens (including phenoxy) is 1. The van der Waals surface area contributed by atoms with Crippen LogP contribution >= 0.6 is 0 Å². The van der Waals surface area contributed by atoms with Crippen molar-refractivity contribution < 1.29 is 22.7 Å². The molecule has 2 rings (SSSR count). The number of methoxy groups -OCH3 is 1. The van der Waals surface area contributed by atoms with Gasteiger partial charge in [0.25, 0.3) is 5.91 Å². The van der Waals surface area contributed by atoms with Gasteiger partial charge >= 0.3 is 6.18 Å². The number of carbonyl (C=O) groups is 1. The van der Waals surface area contributed by atoms with Gasteiger partial charge in [-0.3, -0.25) is 4.79 Å². The number of aromatic nitrogens is 1. The molecule has 0 unspecified atom stereocenters. The molecule has 0 aliphatic rings. The van der Waals surface area contributed by atoms with Crippen LogP contribution in [0.1, 0.15) is 22.5 Å². The highest BCUT2D eigenvalue weighted by Gasteiger charge is 2.31. The zero-order valence-electron chi connectivity index (χ0n) is 13.3. The summed E-state index contributed by atoms with van der Waals surface area (Å²) in [6, 6.07) is 4.98. The van der Waals surface area contributed by atoms with Crippen LogP contribution < -0.4 is 0 Å². The summed E-state index contributed by atoms with van der Waals surface area (Å²) in [6.07, 6.45) is -3.70. The van der Waals surface area contributed by atoms with Gasteiger partial charge in [-0.15, -0.1) is 0 Å². The number of alkyl halides is 3. The highest BCUT2D eigenvalue weighted by atomic mass is 19.4. The Morgan fingerprint density at radius 1 is 1.30 bits per heavy atom. The highest BCUT2D eigenvalue weighted by molar-refractivity contribution is 5.98. The molecule has 7 heteroatoms. The van der Waals surface area contributed by atoms with E-state index in [1.807, 2.05) is 0 Å². The SMILES string of the molecule is COCCCN(C)C(=O)c1cc2cc(C(F)(F)F)ccc2n1C. The third kappa shape index (κ3) is 3.67. The molecule has 0 fully saturated rings. The van der Waals surface area contributed by atoms with E-state index in [0.717, 1.165) is 12.1 Å². The zero-order valence-corrected chi connectivity index (χ0v) is 13.3. The van der Waals surface area contributed by atoms with Crippen molar-refractivity contribution in [3.63, 3.8) is 0 Å². The second kappa shape index (κ2) is 6.62. The van der Waals surface area contributed by atoms with Crippen LogP contribution in [0, 0.1) is 0 Å². The van der Waals surface area contributed by atoms with Gasteiger partial charge in [-0.05, 0) is 30.7 Å². The van der Waals surface area contributed by atoms with Crippen LogP contribution in [0.25, 0.3) is 10.9 Å². The lowest BCUT2D eigenvalue weighted by molar-refractivity contribution is -0.137. The molecule has 0 N–H and O–H groups in total. The van der Waals surface area contributed by atoms with Crippen molar-refractivity contribution in [1.82, 2.24) is 9.47 Å². The molecular formula is C16H19F3N2O2. The lowest BCUT2D eigenvalue weighted by Crippen LogP contribution is -2.29. The van der Waals surface area contributed by atoms with Crippen molar-refractivity contribution in [2.45, 2.75) is 12.6 Å². The fourth-order valence-corrected chi connectivity index (χ4v) is 2.47. The first-order valence-corrected chi connectivity index (χ1v) is 7.16. The van der Waals surface area contributed by atoms with Crippen molar-refractivity contribution in [2.24, 2.45) is 7.05 Å². The molecule has 0 aliphatic carbocycles. The van der Waals surface area contributed by atoms with Gasteiger partial charge in [0.05, 0.1) is 5.56 Å². The quantitative estimate of drug-likeness (QED) is 0.789. The smallest absolute Gasteiger partial charge is 0.385 e. The normalized spacial score (nSPS) is 11.9. The Morgan fingerprint density at radius 2 is 2.00 bits per heavy atom. The van der Waals surface area contributed by atoms with Gasteiger partial charge in [-0.1, -0.05) is 0 Å². The van der Waals surface area contributed by atoms with Gasteiger partial charge in [0, 0.05) is 45.3 Å². The van der Waals surface area contributed by atoms with E-state index in [2.05, 4.69) is 0 Å². The number of halogens is 3. The van der Waals surface area contributed by atoms with Crippen LogP contribution in [0.15, 0.2) is 24.3 Å². The number of fused-ring (bicyclic) bond motifs is 1. The minimum Gasteiger partial charge on any atom is -0.385 e. The van der Waals surface area contributed by atoms with Crippen LogP contribution in [0.4, 0.5) is 13.2 Å². The lowest BCUT2D eigenvalue weighted by atomic mass is 10.1. The van der Waals surface area contributed by atoms with E-state index in [0.29, 0.717) is 36.2 Å². The van der Waals surface area contributed by atoms with Crippen LogP contribution in [0.5, 0.6) is 0 Å². The molecule has 4 nitrogen and oxygen atoms in total. The van der Waals surface area contributed by atoms with Gasteiger partial charge in [0.1, 0.15) is 5.69 Å². The number of amides is 1. The summed E-state index contributed by atoms with van der Waals surface area (Å²) in [5.74, 6) is -0.228. The summed E-state index contributed by atoms with van der Waals surface area (Å²) in [6.45, 7) is 1.06. The van der Waals surface area contributed by atoms with Gasteiger partial charge < -0.3 is 14.2 Å². The molecule has 1 amide bonds. The van der Waals surface area contributed by atoms with Gasteiger partial charge in [-0.2, -0.15) is 13.2 Å². The molecule has 126 valence electrons. The standard InChI is InChI=1S/C16H19F3N2O2/c1-20(7-4-8-23-3)15(22)14-10-11-9-12(16(17,18)19)5-6-13(11)21(14)2/h5-6,9-10H,4,7-8H2,1-3H3. The fraction of sp³-hybridized carbons (Fsp3) is 0.438. The summed E-state index contributed by atoms with van der Waals surface area (Å²) in [4.78, 5) is 14.0. The number of carbonyl (C=O) groups excluding carboxylic acids is 1. The molecule has 0 bridgehead atoms. The average Bonchev–Trinajstić information content (AvgIpc) is 2.82. The number of rotatable bonds is 5. The average molecular weight is 328 g/mol. The van der Waals surface area contributed by atoms with E-state index in [9.17, 15) is 18.0 Å². The second-order valence-corrected chi connectivity index (χ2v) is 5.43. The Hall–Kier alpha value is -2.02. The van der Waals surface area contributed by atoms with E-state index in [1.54, 1.807) is 25.8 Å². The predicted molar refractivity (Wildman–Crippen MR) is 81.4 cm³/mol. The molecule has 0 saturated carbocycles. The molecule has 0 atom stereocenters. The van der Waals surface area contributed by atoms with E-state index in [4.69, 9.17) is 4.74 Å². The third-order valence-corrected chi connectivity index (χ3v) is 3.78. The molecule has 23 heavy (non-hydrogen) atoms. The first-order chi connectivity index (χ1) is 10.8. The number of hydrogen-bond acceptors (Lipinski definition) is 2. The molecule has 1 aromatic carbocycles. The minimum atomic E-state index is -4.40. The van der Waals surface area contributed by atoms with Crippen LogP contribution in [0.2, 0.25) is 0 Å². The number of aryl methyl sites for hydroxylation is 1. The number of nitrogens with zero attached hydrogens (tertiary/aromatic N) is 2. The van der Waals surface area contributed by atoms with E-state index in [-0.39, 0.29) is 5.91 Å². The van der Waals surface area contributed by atoms with Crippen LogP contribution in [-0.4, -0.2) is 42.7 Å². The Bertz CT molecular complexity index is 707. The summed E-state index contributed by atoms with van der Waals surface area (Å²) >= 11 is 0. The maximum atomic E-state index is 12.8. The number of hydrogen-bond donors (Lipinski definition) is 0. The number of benzene rings is 1. The Balaban J connectivity index is 2.31. The Morgan fingerprint density at radius 3 is 2.61 bits per heavy atom. The van der Waals surface area contributed by atoms with Gasteiger partial charge in [0.2, 0.25) is 0 Å². The van der Waals surface area contributed by atoms with Crippen molar-refractivity contribution in [1.29, 1.82) is 0 Å². The largest absolute Gasteiger partial charge is 0.416 e. The van der Waals surface area contributed by atoms with Crippen molar-refractivity contribution in [3.05, 3.63) is 35.5 Å². The van der Waals surface area contributed by atoms with E-state index in [1.165, 1.54) is 17.0 Å². The van der Waals surface area contributed by atoms with Crippen molar-refractivity contribution in [2.75, 3.05) is 27.3 Å². The molecule has 2 aromatic rings. The van der Waals surface area contributed by atoms with Crippen molar-refractivity contribution in [3.8, 4) is 0 Å². The molecule has 0 spiro atoms. The Kier molecular flexibility index (Phi) is 4.99. The predicted octanol–water partition coefficient (Wildman–Crippen LogP) is 3.31. The molecular weight excluding hydrogens is 309 g/mol. The first-order valence-electron chi connectivity index (χ1n) is 7.16. The fourth-order valence-electron chi connectivity index (χ4n) is 2.47. The van der Waals surface area contributed by atoms with Crippen LogP contribution in [-0.2, 0) is 18.0 Å². The summed E-state index contributed by atoms with van der Waals surface area (Å²) < 4.78 is 44.9. The van der Waals surface area contributed by atoms with Gasteiger partial charge in [0.15, 0.2) is 0 Å². The first kappa shape index (κ1) is 17.3. The maximum absolute atomic E-state index is 12.8. The summed E-state index contributed by atoms with van der Waals surface area (Å²) in [7, 11) is 4.92. The third-order valence-electron chi connectivity index (χ3n) is 3.78. The Labute approximate surface area is 132 Å². The minimum absolute atomic E-state index is 0.228. The molecule has 0 saturated heterocycles. The van der Waals surface area contributed by atoms with Crippen molar-refractivity contribution >= 4 is 16.8 Å². The second-order valence-electron chi connectivity index (χ2n) is 5.43. The van der Waals surface area contributed by atoms with E-state index < -0.39 is 11.7 Å². The molecule has 0 radical (unpaired) electrons. The lowest BCUT2D eigenvalue weighted by Gasteiger charge is -2.17. The maximum Gasteiger partial charge on any atom is 0.416 e. The highest BCUT2D eigenvalue weighted by Crippen LogP contribution is 2.32. The molecule has 1 heterocycles. The zero-order chi connectivity index (χ0) is 17.2. The topological polar surface area (TPSA) is 34.5 Å². The molecule has 1 aromatic heterocycles. The molecule has 0 aliphatic heterocycles. The van der Waals surface area contributed by atoms with Gasteiger partial charge in [-0.25, -0.2) is 0 Å². The summed E-state index contributed by atoms with van der Waals surface area (Å²) in [5.41, 5.74) is 0.230. The van der Waals surface area contributed by atoms with Crippen LogP contribution in [0.3, 0.4) is 0 Å². The van der Waals surface area contributed by atoms with E-state index >= 15 is 0 Å². The monoisotopic (exact) mass is 328 g/mol. The summed E-state index contributed by atoms with van der Waals surface area (Å²) in [5, 5.41) is 0.399.